The summed E-state index contributed by atoms with van der Waals surface area (Å²) >= 11 is 0. The number of hydrogen-bond donors (Lipinski definition) is 1. The van der Waals surface area contributed by atoms with Crippen LogP contribution in [0.25, 0.3) is 11.3 Å². The Bertz CT molecular complexity index is 623. The number of benzene rings is 1. The summed E-state index contributed by atoms with van der Waals surface area (Å²) in [6, 6.07) is 4.20. The molecule has 0 aliphatic rings. The topological polar surface area (TPSA) is 47.0 Å². The van der Waals surface area contributed by atoms with Gasteiger partial charge in [0.05, 0.1) is 12.8 Å². The number of nitrogens with one attached hydrogen (secondary N) is 1. The van der Waals surface area contributed by atoms with Gasteiger partial charge in [0.2, 0.25) is 0 Å². The Labute approximate surface area is 120 Å². The van der Waals surface area contributed by atoms with Crippen LogP contribution in [0.5, 0.6) is 5.75 Å². The lowest BCUT2D eigenvalue weighted by molar-refractivity contribution is 0.415. The maximum Gasteiger partial charge on any atom is 0.132 e. The number of ether oxygens (including phenoxy) is 1. The molecule has 1 aromatic carbocycles. The highest BCUT2D eigenvalue weighted by atomic mass is 16.5. The Hall–Kier alpha value is -2.10. The van der Waals surface area contributed by atoms with Gasteiger partial charge in [0.15, 0.2) is 0 Å². The second-order valence-corrected chi connectivity index (χ2v) is 4.81. The highest BCUT2D eigenvalue weighted by molar-refractivity contribution is 5.76. The summed E-state index contributed by atoms with van der Waals surface area (Å²) < 4.78 is 5.55. The molecule has 0 bridgehead atoms. The van der Waals surface area contributed by atoms with E-state index >= 15 is 0 Å². The van der Waals surface area contributed by atoms with E-state index in [9.17, 15) is 0 Å². The molecule has 0 spiro atoms. The fraction of sp³-hybridized carbons (Fsp3) is 0.375. The molecule has 0 radical (unpaired) electrons. The summed E-state index contributed by atoms with van der Waals surface area (Å²) in [7, 11) is 3.58. The molecule has 2 aromatic rings. The third-order valence-electron chi connectivity index (χ3n) is 3.44. The molecule has 20 heavy (non-hydrogen) atoms. The van der Waals surface area contributed by atoms with Gasteiger partial charge in [-0.2, -0.15) is 0 Å². The quantitative estimate of drug-likeness (QED) is 0.926. The molecular weight excluding hydrogens is 250 g/mol. The number of methoxy groups -OCH3 is 1. The lowest BCUT2D eigenvalue weighted by atomic mass is 9.97. The van der Waals surface area contributed by atoms with E-state index in [0.29, 0.717) is 0 Å². The maximum atomic E-state index is 5.55. The SMILES string of the molecule is CCc1c(NC)ncnc1-c1c(C)cc(C)cc1OC. The van der Waals surface area contributed by atoms with Gasteiger partial charge in [0.1, 0.15) is 17.9 Å². The number of nitrogens with zero attached hydrogens (tertiary/aromatic N) is 2. The summed E-state index contributed by atoms with van der Waals surface area (Å²) in [5, 5.41) is 3.13. The van der Waals surface area contributed by atoms with Crippen LogP contribution in [0.3, 0.4) is 0 Å². The first-order valence-corrected chi connectivity index (χ1v) is 6.79. The van der Waals surface area contributed by atoms with Gasteiger partial charge < -0.3 is 10.1 Å². The first kappa shape index (κ1) is 14.3. The van der Waals surface area contributed by atoms with Crippen LogP contribution in [0.1, 0.15) is 23.6 Å². The number of rotatable bonds is 4. The van der Waals surface area contributed by atoms with Crippen LogP contribution in [0.15, 0.2) is 18.5 Å². The van der Waals surface area contributed by atoms with Crippen molar-refractivity contribution in [3.8, 4) is 17.0 Å². The summed E-state index contributed by atoms with van der Waals surface area (Å²) in [6.07, 6.45) is 2.46. The van der Waals surface area contributed by atoms with Crippen molar-refractivity contribution in [3.05, 3.63) is 35.2 Å². The zero-order valence-electron chi connectivity index (χ0n) is 12.7. The summed E-state index contributed by atoms with van der Waals surface area (Å²) in [5.74, 6) is 1.73. The second-order valence-electron chi connectivity index (χ2n) is 4.81. The Morgan fingerprint density at radius 1 is 1.20 bits per heavy atom. The number of anilines is 1. The van der Waals surface area contributed by atoms with E-state index in [0.717, 1.165) is 40.4 Å². The molecular formula is C16H21N3O. The van der Waals surface area contributed by atoms with Crippen molar-refractivity contribution in [2.45, 2.75) is 27.2 Å². The number of aromatic nitrogens is 2. The Kier molecular flexibility index (Phi) is 4.23. The van der Waals surface area contributed by atoms with E-state index in [4.69, 9.17) is 4.74 Å². The van der Waals surface area contributed by atoms with E-state index in [-0.39, 0.29) is 0 Å². The van der Waals surface area contributed by atoms with Crippen molar-refractivity contribution in [2.75, 3.05) is 19.5 Å². The monoisotopic (exact) mass is 271 g/mol. The molecule has 0 atom stereocenters. The Morgan fingerprint density at radius 3 is 2.55 bits per heavy atom. The van der Waals surface area contributed by atoms with E-state index in [1.807, 2.05) is 13.1 Å². The third kappa shape index (κ3) is 2.46. The van der Waals surface area contributed by atoms with Gasteiger partial charge in [0, 0.05) is 18.2 Å². The lowest BCUT2D eigenvalue weighted by Gasteiger charge is -2.16. The van der Waals surface area contributed by atoms with Crippen LogP contribution in [-0.2, 0) is 6.42 Å². The van der Waals surface area contributed by atoms with Gasteiger partial charge in [-0.25, -0.2) is 9.97 Å². The number of aryl methyl sites for hydroxylation is 2. The molecule has 0 unspecified atom stereocenters. The van der Waals surface area contributed by atoms with Gasteiger partial charge in [-0.05, 0) is 37.5 Å². The van der Waals surface area contributed by atoms with E-state index in [2.05, 4.69) is 42.1 Å². The molecule has 2 rings (SSSR count). The molecule has 0 aliphatic carbocycles. The Balaban J connectivity index is 2.74. The van der Waals surface area contributed by atoms with Crippen LogP contribution in [0, 0.1) is 13.8 Å². The zero-order valence-corrected chi connectivity index (χ0v) is 12.7. The minimum absolute atomic E-state index is 0.859. The molecule has 106 valence electrons. The first-order chi connectivity index (χ1) is 9.62. The number of hydrogen-bond acceptors (Lipinski definition) is 4. The largest absolute Gasteiger partial charge is 0.496 e. The summed E-state index contributed by atoms with van der Waals surface area (Å²) in [4.78, 5) is 8.79. The Morgan fingerprint density at radius 2 is 1.95 bits per heavy atom. The smallest absolute Gasteiger partial charge is 0.132 e. The average molecular weight is 271 g/mol. The van der Waals surface area contributed by atoms with E-state index in [1.54, 1.807) is 13.4 Å². The molecule has 0 saturated carbocycles. The molecule has 0 saturated heterocycles. The fourth-order valence-corrected chi connectivity index (χ4v) is 2.57. The van der Waals surface area contributed by atoms with E-state index < -0.39 is 0 Å². The minimum atomic E-state index is 0.859. The molecule has 1 aromatic heterocycles. The molecule has 0 aliphatic heterocycles. The van der Waals surface area contributed by atoms with Crippen LogP contribution in [0.4, 0.5) is 5.82 Å². The van der Waals surface area contributed by atoms with Crippen LogP contribution in [-0.4, -0.2) is 24.1 Å². The molecule has 1 heterocycles. The first-order valence-electron chi connectivity index (χ1n) is 6.79. The molecule has 0 amide bonds. The van der Waals surface area contributed by atoms with E-state index in [1.165, 1.54) is 5.56 Å². The molecule has 1 N–H and O–H groups in total. The fourth-order valence-electron chi connectivity index (χ4n) is 2.57. The maximum absolute atomic E-state index is 5.55. The second kappa shape index (κ2) is 5.90. The van der Waals surface area contributed by atoms with Crippen molar-refractivity contribution in [3.63, 3.8) is 0 Å². The van der Waals surface area contributed by atoms with Gasteiger partial charge in [0.25, 0.3) is 0 Å². The van der Waals surface area contributed by atoms with Gasteiger partial charge >= 0.3 is 0 Å². The predicted octanol–water partition coefficient (Wildman–Crippen LogP) is 3.37. The predicted molar refractivity (Wildman–Crippen MR) is 82.4 cm³/mol. The zero-order chi connectivity index (χ0) is 14.7. The third-order valence-corrected chi connectivity index (χ3v) is 3.44. The summed E-state index contributed by atoms with van der Waals surface area (Å²) in [6.45, 7) is 6.27. The molecule has 4 nitrogen and oxygen atoms in total. The van der Waals surface area contributed by atoms with Crippen molar-refractivity contribution in [1.29, 1.82) is 0 Å². The molecule has 0 fully saturated rings. The van der Waals surface area contributed by atoms with Gasteiger partial charge in [-0.3, -0.25) is 0 Å². The average Bonchev–Trinajstić information content (AvgIpc) is 2.45. The van der Waals surface area contributed by atoms with Crippen molar-refractivity contribution < 1.29 is 4.74 Å². The normalized spacial score (nSPS) is 10.4. The highest BCUT2D eigenvalue weighted by Crippen LogP contribution is 2.36. The molecule has 4 heteroatoms. The van der Waals surface area contributed by atoms with Crippen LogP contribution >= 0.6 is 0 Å². The van der Waals surface area contributed by atoms with Crippen LogP contribution in [0.2, 0.25) is 0 Å². The van der Waals surface area contributed by atoms with Crippen molar-refractivity contribution in [2.24, 2.45) is 0 Å². The van der Waals surface area contributed by atoms with Crippen LogP contribution < -0.4 is 10.1 Å². The van der Waals surface area contributed by atoms with Gasteiger partial charge in [-0.1, -0.05) is 13.0 Å². The summed E-state index contributed by atoms with van der Waals surface area (Å²) in [5.41, 5.74) is 5.46. The highest BCUT2D eigenvalue weighted by Gasteiger charge is 2.17. The minimum Gasteiger partial charge on any atom is -0.496 e. The van der Waals surface area contributed by atoms with Gasteiger partial charge in [-0.15, -0.1) is 0 Å². The lowest BCUT2D eigenvalue weighted by Crippen LogP contribution is -2.04. The van der Waals surface area contributed by atoms with Crippen molar-refractivity contribution >= 4 is 5.82 Å². The standard InChI is InChI=1S/C16H21N3O/c1-6-12-15(18-9-19-16(12)17-4)14-11(3)7-10(2)8-13(14)20-5/h7-9H,6H2,1-5H3,(H,17,18,19). The van der Waals surface area contributed by atoms with Crippen molar-refractivity contribution in [1.82, 2.24) is 9.97 Å².